The Morgan fingerprint density at radius 3 is 2.64 bits per heavy atom. The first-order valence-corrected chi connectivity index (χ1v) is 9.72. The van der Waals surface area contributed by atoms with Crippen molar-refractivity contribution in [1.29, 1.82) is 0 Å². The summed E-state index contributed by atoms with van der Waals surface area (Å²) in [6, 6.07) is 10.7. The molecule has 132 valence electrons. The number of carbonyl (C=O) groups excluding carboxylic acids is 1. The van der Waals surface area contributed by atoms with Gasteiger partial charge in [0.15, 0.2) is 9.84 Å². The summed E-state index contributed by atoms with van der Waals surface area (Å²) in [5.74, 6) is -0.397. The van der Waals surface area contributed by atoms with Crippen molar-refractivity contribution < 1.29 is 13.2 Å². The van der Waals surface area contributed by atoms with Crippen LogP contribution in [0.15, 0.2) is 58.4 Å². The first kappa shape index (κ1) is 17.3. The van der Waals surface area contributed by atoms with Crippen molar-refractivity contribution in [1.82, 2.24) is 14.7 Å². The summed E-state index contributed by atoms with van der Waals surface area (Å²) in [6.07, 6.45) is 2.82. The van der Waals surface area contributed by atoms with Crippen LogP contribution in [0.25, 0.3) is 0 Å². The van der Waals surface area contributed by atoms with Gasteiger partial charge in [0.05, 0.1) is 10.6 Å². The van der Waals surface area contributed by atoms with E-state index in [0.29, 0.717) is 13.0 Å². The van der Waals surface area contributed by atoms with Gasteiger partial charge in [0.25, 0.3) is 5.56 Å². The van der Waals surface area contributed by atoms with Crippen molar-refractivity contribution in [2.45, 2.75) is 30.3 Å². The second kappa shape index (κ2) is 7.18. The van der Waals surface area contributed by atoms with Crippen LogP contribution in [0.5, 0.6) is 0 Å². The van der Waals surface area contributed by atoms with E-state index in [1.165, 1.54) is 18.3 Å². The maximum absolute atomic E-state index is 12.6. The van der Waals surface area contributed by atoms with E-state index in [0.717, 1.165) is 11.1 Å². The third-order valence-electron chi connectivity index (χ3n) is 4.28. The Hall–Kier alpha value is -2.48. The molecule has 0 saturated carbocycles. The van der Waals surface area contributed by atoms with Crippen LogP contribution in [0.1, 0.15) is 12.8 Å². The second-order valence-corrected chi connectivity index (χ2v) is 8.03. The minimum atomic E-state index is -3.47. The topological polar surface area (TPSA) is 89.3 Å². The van der Waals surface area contributed by atoms with Crippen LogP contribution in [0.3, 0.4) is 0 Å². The fourth-order valence-corrected chi connectivity index (χ4v) is 4.66. The van der Waals surface area contributed by atoms with E-state index in [4.69, 9.17) is 0 Å². The largest absolute Gasteiger partial charge is 0.337 e. The van der Waals surface area contributed by atoms with E-state index in [9.17, 15) is 18.0 Å². The Bertz CT molecular complexity index is 909. The molecule has 1 amide bonds. The zero-order valence-corrected chi connectivity index (χ0v) is 14.4. The molecule has 0 N–H and O–H groups in total. The van der Waals surface area contributed by atoms with E-state index in [2.05, 4.69) is 5.10 Å². The van der Waals surface area contributed by atoms with Crippen molar-refractivity contribution in [3.63, 3.8) is 0 Å². The van der Waals surface area contributed by atoms with Crippen LogP contribution in [-0.2, 0) is 21.2 Å². The highest BCUT2D eigenvalue weighted by Gasteiger charge is 2.33. The summed E-state index contributed by atoms with van der Waals surface area (Å²) in [7, 11) is -3.47. The van der Waals surface area contributed by atoms with Crippen molar-refractivity contribution in [2.24, 2.45) is 0 Å². The maximum atomic E-state index is 12.6. The summed E-state index contributed by atoms with van der Waals surface area (Å²) in [5, 5.41) is 3.88. The van der Waals surface area contributed by atoms with Gasteiger partial charge in [-0.3, -0.25) is 9.59 Å². The zero-order chi connectivity index (χ0) is 17.9. The molecule has 3 rings (SSSR count). The molecule has 1 saturated heterocycles. The van der Waals surface area contributed by atoms with Crippen LogP contribution in [0, 0.1) is 0 Å². The Balaban J connectivity index is 1.73. The average molecular weight is 361 g/mol. The van der Waals surface area contributed by atoms with Gasteiger partial charge in [0.1, 0.15) is 6.54 Å². The van der Waals surface area contributed by atoms with Crippen molar-refractivity contribution in [3.05, 3.63) is 59.0 Å². The number of benzene rings is 1. The van der Waals surface area contributed by atoms with E-state index >= 15 is 0 Å². The number of nitrogens with zero attached hydrogens (tertiary/aromatic N) is 3. The number of sulfone groups is 1. The summed E-state index contributed by atoms with van der Waals surface area (Å²) >= 11 is 0. The lowest BCUT2D eigenvalue weighted by Gasteiger charge is -2.24. The molecule has 1 aliphatic heterocycles. The fourth-order valence-electron chi connectivity index (χ4n) is 3.04. The fraction of sp³-hybridized carbons (Fsp3) is 0.353. The van der Waals surface area contributed by atoms with E-state index < -0.39 is 9.84 Å². The van der Waals surface area contributed by atoms with Gasteiger partial charge in [-0.1, -0.05) is 18.2 Å². The molecule has 7 nitrogen and oxygen atoms in total. The Kier molecular flexibility index (Phi) is 4.98. The molecular formula is C17H19N3O4S. The molecule has 1 fully saturated rings. The van der Waals surface area contributed by atoms with Gasteiger partial charge in [0, 0.05) is 24.8 Å². The lowest BCUT2D eigenvalue weighted by molar-refractivity contribution is -0.132. The van der Waals surface area contributed by atoms with Crippen molar-refractivity contribution >= 4 is 15.7 Å². The van der Waals surface area contributed by atoms with Crippen LogP contribution >= 0.6 is 0 Å². The van der Waals surface area contributed by atoms with Crippen LogP contribution in [-0.4, -0.2) is 47.3 Å². The minimum absolute atomic E-state index is 0.111. The third kappa shape index (κ3) is 3.96. The third-order valence-corrected chi connectivity index (χ3v) is 6.10. The molecule has 2 heterocycles. The number of amides is 1. The van der Waals surface area contributed by atoms with Gasteiger partial charge in [0.2, 0.25) is 5.91 Å². The molecule has 2 aromatic rings. The molecule has 25 heavy (non-hydrogen) atoms. The maximum Gasteiger partial charge on any atom is 0.267 e. The summed E-state index contributed by atoms with van der Waals surface area (Å²) in [5.41, 5.74) is -0.358. The van der Waals surface area contributed by atoms with Crippen LogP contribution < -0.4 is 5.56 Å². The normalized spacial score (nSPS) is 17.6. The smallest absolute Gasteiger partial charge is 0.267 e. The minimum Gasteiger partial charge on any atom is -0.337 e. The number of hydrogen-bond donors (Lipinski definition) is 0. The quantitative estimate of drug-likeness (QED) is 0.782. The van der Waals surface area contributed by atoms with Gasteiger partial charge >= 0.3 is 0 Å². The second-order valence-electron chi connectivity index (χ2n) is 6.00. The Labute approximate surface area is 145 Å². The molecule has 1 aromatic carbocycles. The highest BCUT2D eigenvalue weighted by molar-refractivity contribution is 7.91. The standard InChI is InChI=1S/C17H19N3O4S/c21-16-9-4-10-18-20(16)12-17(22)19-11-5-6-14(19)13-25(23,24)15-7-2-1-3-8-15/h1-4,7-10,14H,5-6,11-13H2. The highest BCUT2D eigenvalue weighted by atomic mass is 32.2. The molecule has 1 atom stereocenters. The number of likely N-dealkylation sites (tertiary alicyclic amines) is 1. The van der Waals surface area contributed by atoms with Gasteiger partial charge < -0.3 is 4.90 Å². The zero-order valence-electron chi connectivity index (χ0n) is 13.6. The summed E-state index contributed by atoms with van der Waals surface area (Å²) < 4.78 is 26.2. The molecule has 1 unspecified atom stereocenters. The Morgan fingerprint density at radius 1 is 1.16 bits per heavy atom. The van der Waals surface area contributed by atoms with Crippen LogP contribution in [0.4, 0.5) is 0 Å². The molecular weight excluding hydrogens is 342 g/mol. The van der Waals surface area contributed by atoms with Gasteiger partial charge in [-0.05, 0) is 31.0 Å². The molecule has 0 spiro atoms. The molecule has 0 radical (unpaired) electrons. The molecule has 0 aliphatic carbocycles. The van der Waals surface area contributed by atoms with E-state index in [-0.39, 0.29) is 34.7 Å². The van der Waals surface area contributed by atoms with Gasteiger partial charge in [-0.2, -0.15) is 5.10 Å². The lowest BCUT2D eigenvalue weighted by atomic mass is 10.2. The van der Waals surface area contributed by atoms with Crippen molar-refractivity contribution in [3.8, 4) is 0 Å². The molecule has 1 aromatic heterocycles. The first-order valence-electron chi connectivity index (χ1n) is 8.07. The SMILES string of the molecule is O=C(Cn1ncccc1=O)N1CCCC1CS(=O)(=O)c1ccccc1. The predicted octanol–water partition coefficient (Wildman–Crippen LogP) is 0.708. The first-order chi connectivity index (χ1) is 12.0. The summed E-state index contributed by atoms with van der Waals surface area (Å²) in [4.78, 5) is 26.0. The number of carbonyl (C=O) groups is 1. The molecule has 0 bridgehead atoms. The molecule has 1 aliphatic rings. The highest BCUT2D eigenvalue weighted by Crippen LogP contribution is 2.22. The lowest BCUT2D eigenvalue weighted by Crippen LogP contribution is -2.42. The number of hydrogen-bond acceptors (Lipinski definition) is 5. The average Bonchev–Trinajstić information content (AvgIpc) is 3.05. The number of rotatable bonds is 5. The Morgan fingerprint density at radius 2 is 1.92 bits per heavy atom. The van der Waals surface area contributed by atoms with E-state index in [1.54, 1.807) is 35.2 Å². The summed E-state index contributed by atoms with van der Waals surface area (Å²) in [6.45, 7) is 0.316. The van der Waals surface area contributed by atoms with Crippen molar-refractivity contribution in [2.75, 3.05) is 12.3 Å². The number of aromatic nitrogens is 2. The predicted molar refractivity (Wildman–Crippen MR) is 91.7 cm³/mol. The molecule has 8 heteroatoms. The van der Waals surface area contributed by atoms with Gasteiger partial charge in [-0.15, -0.1) is 0 Å². The van der Waals surface area contributed by atoms with Crippen LogP contribution in [0.2, 0.25) is 0 Å². The van der Waals surface area contributed by atoms with E-state index in [1.807, 2.05) is 0 Å². The van der Waals surface area contributed by atoms with Gasteiger partial charge in [-0.25, -0.2) is 13.1 Å². The monoisotopic (exact) mass is 361 g/mol.